The topological polar surface area (TPSA) is 78.9 Å². The van der Waals surface area contributed by atoms with E-state index in [1.807, 2.05) is 18.2 Å². The quantitative estimate of drug-likeness (QED) is 0.758. The van der Waals surface area contributed by atoms with E-state index < -0.39 is 12.1 Å². The molecule has 138 valence electrons. The third-order valence-corrected chi connectivity index (χ3v) is 4.35. The Bertz CT molecular complexity index is 666. The zero-order chi connectivity index (χ0) is 16.4. The van der Waals surface area contributed by atoms with E-state index in [2.05, 4.69) is 5.32 Å². The van der Waals surface area contributed by atoms with Gasteiger partial charge in [0, 0.05) is 5.56 Å². The summed E-state index contributed by atoms with van der Waals surface area (Å²) < 4.78 is 5.36. The lowest BCUT2D eigenvalue weighted by atomic mass is 9.97. The number of hydrogen-bond acceptors (Lipinski definition) is 4. The number of fused-ring (bicyclic) bond motifs is 4. The van der Waals surface area contributed by atoms with E-state index in [1.54, 1.807) is 24.1 Å². The molecule has 0 unspecified atom stereocenters. The lowest BCUT2D eigenvalue weighted by Crippen LogP contribution is -2.63. The Morgan fingerprint density at radius 3 is 2.64 bits per heavy atom. The number of rotatable bonds is 4. The van der Waals surface area contributed by atoms with Crippen LogP contribution in [0.25, 0.3) is 0 Å². The van der Waals surface area contributed by atoms with Gasteiger partial charge in [-0.05, 0) is 24.5 Å². The van der Waals surface area contributed by atoms with E-state index >= 15 is 0 Å². The van der Waals surface area contributed by atoms with Gasteiger partial charge >= 0.3 is 0 Å². The summed E-state index contributed by atoms with van der Waals surface area (Å²) in [5.41, 5.74) is 1.56. The Hall–Kier alpha value is -1.64. The van der Waals surface area contributed by atoms with Gasteiger partial charge in [-0.2, -0.15) is 27.0 Å². The Kier molecular flexibility index (Phi) is 7.85. The maximum Gasteiger partial charge on any atom is 0.246 e. The van der Waals surface area contributed by atoms with Gasteiger partial charge in [0.1, 0.15) is 17.8 Å². The van der Waals surface area contributed by atoms with Gasteiger partial charge in [0.15, 0.2) is 0 Å². The average Bonchev–Trinajstić information content (AvgIpc) is 2.55. The van der Waals surface area contributed by atoms with Gasteiger partial charge in [-0.1, -0.05) is 24.3 Å². The number of carbonyl (C=O) groups excluding carboxylic acids is 2. The van der Waals surface area contributed by atoms with Gasteiger partial charge in [-0.3, -0.25) is 9.59 Å². The molecule has 6 nitrogen and oxygen atoms in total. The Balaban J connectivity index is 0.00000156. The smallest absolute Gasteiger partial charge is 0.246 e. The predicted octanol–water partition coefficient (Wildman–Crippen LogP) is 0.959. The molecule has 0 saturated carbocycles. The second-order valence-electron chi connectivity index (χ2n) is 5.79. The van der Waals surface area contributed by atoms with Crippen LogP contribution < -0.4 is 10.1 Å². The van der Waals surface area contributed by atoms with Crippen LogP contribution in [0.5, 0.6) is 5.75 Å². The summed E-state index contributed by atoms with van der Waals surface area (Å²) in [7, 11) is 1.55. The molecule has 1 aromatic rings. The van der Waals surface area contributed by atoms with Crippen LogP contribution in [0.1, 0.15) is 24.0 Å². The third-order valence-electron chi connectivity index (χ3n) is 4.35. The predicted molar refractivity (Wildman–Crippen MR) is 104 cm³/mol. The zero-order valence-electron chi connectivity index (χ0n) is 14.0. The highest BCUT2D eigenvalue weighted by Gasteiger charge is 2.40. The van der Waals surface area contributed by atoms with E-state index in [1.165, 1.54) is 0 Å². The number of piperazine rings is 1. The molecule has 25 heavy (non-hydrogen) atoms. The molecule has 8 heteroatoms. The maximum absolute atomic E-state index is 12.6. The Morgan fingerprint density at radius 2 is 1.96 bits per heavy atom. The SMILES string of the molecule is COc1cc(CO)ccc1CN1C(=O)[C@@H]2C/C=C\C[C@H]1C(=O)N2.S.S. The summed E-state index contributed by atoms with van der Waals surface area (Å²) in [5, 5.41) is 12.0. The molecule has 2 amide bonds. The van der Waals surface area contributed by atoms with Crippen LogP contribution in [0.4, 0.5) is 0 Å². The highest BCUT2D eigenvalue weighted by Crippen LogP contribution is 2.26. The molecule has 0 aromatic heterocycles. The number of hydrogen-bond donors (Lipinski definition) is 2. The van der Waals surface area contributed by atoms with E-state index in [9.17, 15) is 14.7 Å². The largest absolute Gasteiger partial charge is 0.496 e. The van der Waals surface area contributed by atoms with Crippen molar-refractivity contribution in [3.05, 3.63) is 41.5 Å². The number of aliphatic hydroxyl groups excluding tert-OH is 1. The van der Waals surface area contributed by atoms with Crippen molar-refractivity contribution >= 4 is 38.8 Å². The van der Waals surface area contributed by atoms with Crippen LogP contribution in [-0.4, -0.2) is 41.0 Å². The minimum atomic E-state index is -0.488. The van der Waals surface area contributed by atoms with Crippen LogP contribution in [0.2, 0.25) is 0 Å². The van der Waals surface area contributed by atoms with Gasteiger partial charge in [-0.15, -0.1) is 0 Å². The van der Waals surface area contributed by atoms with Crippen LogP contribution >= 0.6 is 27.0 Å². The maximum atomic E-state index is 12.6. The average molecular weight is 385 g/mol. The van der Waals surface area contributed by atoms with E-state index in [0.29, 0.717) is 25.1 Å². The normalized spacial score (nSPS) is 22.9. The number of nitrogens with one attached hydrogen (secondary N) is 1. The summed E-state index contributed by atoms with van der Waals surface area (Å²) in [6.07, 6.45) is 4.95. The highest BCUT2D eigenvalue weighted by molar-refractivity contribution is 7.59. The molecule has 3 heterocycles. The Morgan fingerprint density at radius 1 is 1.24 bits per heavy atom. The molecule has 2 atom stereocenters. The van der Waals surface area contributed by atoms with Crippen molar-refractivity contribution in [1.82, 2.24) is 10.2 Å². The molecule has 2 N–H and O–H groups in total. The van der Waals surface area contributed by atoms with Gasteiger partial charge in [0.05, 0.1) is 20.3 Å². The van der Waals surface area contributed by atoms with Crippen molar-refractivity contribution in [3.8, 4) is 5.75 Å². The molecule has 0 radical (unpaired) electrons. The number of nitrogens with zero attached hydrogens (tertiary/aromatic N) is 1. The van der Waals surface area contributed by atoms with Gasteiger partial charge in [0.2, 0.25) is 11.8 Å². The first-order valence-electron chi connectivity index (χ1n) is 7.66. The monoisotopic (exact) mass is 384 g/mol. The number of aliphatic hydroxyl groups is 1. The number of methoxy groups -OCH3 is 1. The second-order valence-corrected chi connectivity index (χ2v) is 5.79. The number of carbonyl (C=O) groups is 2. The Labute approximate surface area is 161 Å². The number of ether oxygens (including phenoxy) is 1. The van der Waals surface area contributed by atoms with Crippen LogP contribution in [0.3, 0.4) is 0 Å². The first-order valence-corrected chi connectivity index (χ1v) is 7.66. The standard InChI is InChI=1S/C17H20N2O4.2H2S/c1-23-15-8-11(10-20)6-7-12(15)9-19-14-5-3-2-4-13(17(19)22)18-16(14)21;;/h2-3,6-8,13-14,20H,4-5,9-10H2,1H3,(H,18,21);2*1H2/b3-2-;;/t13-,14-;;/m0../s1. The molecule has 0 spiro atoms. The minimum absolute atomic E-state index is 0. The fraction of sp³-hybridized carbons (Fsp3) is 0.412. The molecular weight excluding hydrogens is 360 g/mol. The molecule has 1 aromatic carbocycles. The first-order chi connectivity index (χ1) is 11.1. The highest BCUT2D eigenvalue weighted by atomic mass is 32.1. The van der Waals surface area contributed by atoms with Crippen LogP contribution in [-0.2, 0) is 22.7 Å². The van der Waals surface area contributed by atoms with Gasteiger partial charge in [0.25, 0.3) is 0 Å². The third kappa shape index (κ3) is 4.31. The zero-order valence-corrected chi connectivity index (χ0v) is 16.0. The van der Waals surface area contributed by atoms with E-state index in [-0.39, 0.29) is 45.4 Å². The molecular formula is C17H24N2O4S2. The van der Waals surface area contributed by atoms with Crippen molar-refractivity contribution < 1.29 is 19.4 Å². The number of benzene rings is 1. The number of amides is 2. The lowest BCUT2D eigenvalue weighted by molar-refractivity contribution is -0.150. The fourth-order valence-electron chi connectivity index (χ4n) is 3.07. The summed E-state index contributed by atoms with van der Waals surface area (Å²) >= 11 is 0. The summed E-state index contributed by atoms with van der Waals surface area (Å²) in [6, 6.07) is 4.40. The fourth-order valence-corrected chi connectivity index (χ4v) is 3.07. The van der Waals surface area contributed by atoms with Crippen molar-refractivity contribution in [2.24, 2.45) is 0 Å². The molecule has 3 aliphatic heterocycles. The summed E-state index contributed by atoms with van der Waals surface area (Å²) in [4.78, 5) is 26.5. The first kappa shape index (κ1) is 21.4. The molecule has 2 bridgehead atoms. The van der Waals surface area contributed by atoms with E-state index in [4.69, 9.17) is 4.74 Å². The molecule has 4 rings (SSSR count). The van der Waals surface area contributed by atoms with Crippen molar-refractivity contribution in [2.75, 3.05) is 7.11 Å². The molecule has 1 fully saturated rings. The lowest BCUT2D eigenvalue weighted by Gasteiger charge is -2.39. The van der Waals surface area contributed by atoms with Gasteiger partial charge < -0.3 is 20.1 Å². The second kappa shape index (κ2) is 9.17. The summed E-state index contributed by atoms with van der Waals surface area (Å²) in [5.74, 6) is 0.440. The molecule has 0 aliphatic carbocycles. The van der Waals surface area contributed by atoms with Crippen molar-refractivity contribution in [2.45, 2.75) is 38.1 Å². The molecule has 1 saturated heterocycles. The van der Waals surface area contributed by atoms with Gasteiger partial charge in [-0.25, -0.2) is 0 Å². The van der Waals surface area contributed by atoms with Crippen LogP contribution in [0.15, 0.2) is 30.4 Å². The van der Waals surface area contributed by atoms with E-state index in [0.717, 1.165) is 11.1 Å². The molecule has 3 aliphatic rings. The minimum Gasteiger partial charge on any atom is -0.496 e. The van der Waals surface area contributed by atoms with Crippen molar-refractivity contribution in [3.63, 3.8) is 0 Å². The summed E-state index contributed by atoms with van der Waals surface area (Å²) in [6.45, 7) is 0.243. The van der Waals surface area contributed by atoms with Crippen LogP contribution in [0, 0.1) is 0 Å². The van der Waals surface area contributed by atoms with Crippen molar-refractivity contribution in [1.29, 1.82) is 0 Å².